The van der Waals surface area contributed by atoms with E-state index >= 15 is 0 Å². The summed E-state index contributed by atoms with van der Waals surface area (Å²) in [7, 11) is 0. The van der Waals surface area contributed by atoms with Crippen LogP contribution >= 0.6 is 0 Å². The third kappa shape index (κ3) is 5.54. The highest BCUT2D eigenvalue weighted by Gasteiger charge is 2.19. The van der Waals surface area contributed by atoms with E-state index in [9.17, 15) is 0 Å². The summed E-state index contributed by atoms with van der Waals surface area (Å²) in [6, 6.07) is 9.15. The molecule has 1 aliphatic carbocycles. The summed E-state index contributed by atoms with van der Waals surface area (Å²) < 4.78 is 5.70. The summed E-state index contributed by atoms with van der Waals surface area (Å²) in [6.45, 7) is 4.14. The van der Waals surface area contributed by atoms with Crippen molar-refractivity contribution in [2.45, 2.75) is 51.5 Å². The van der Waals surface area contributed by atoms with Crippen LogP contribution in [0.3, 0.4) is 0 Å². The first-order chi connectivity index (χ1) is 8.84. The molecule has 1 aromatic carbocycles. The van der Waals surface area contributed by atoms with E-state index in [1.165, 1.54) is 44.2 Å². The van der Waals surface area contributed by atoms with Crippen LogP contribution in [0.25, 0.3) is 0 Å². The molecule has 0 aliphatic heterocycles. The maximum atomic E-state index is 5.70. The van der Waals surface area contributed by atoms with Crippen LogP contribution in [0, 0.1) is 6.92 Å². The van der Waals surface area contributed by atoms with Crippen LogP contribution in [0.5, 0.6) is 5.75 Å². The Morgan fingerprint density at radius 2 is 1.78 bits per heavy atom. The molecule has 0 radical (unpaired) electrons. The first-order valence-electron chi connectivity index (χ1n) is 7.27. The van der Waals surface area contributed by atoms with Gasteiger partial charge >= 0.3 is 0 Å². The fourth-order valence-electron chi connectivity index (χ4n) is 2.00. The maximum absolute atomic E-state index is 5.70. The van der Waals surface area contributed by atoms with Crippen LogP contribution < -0.4 is 10.1 Å². The molecule has 0 atom stereocenters. The molecule has 1 aromatic rings. The summed E-state index contributed by atoms with van der Waals surface area (Å²) in [5, 5.41) is 3.55. The predicted molar refractivity (Wildman–Crippen MR) is 76.2 cm³/mol. The topological polar surface area (TPSA) is 21.3 Å². The van der Waals surface area contributed by atoms with Crippen molar-refractivity contribution >= 4 is 0 Å². The SMILES string of the molecule is Cc1ccc(OCCCCCCNC2CC2)cc1. The maximum Gasteiger partial charge on any atom is 0.119 e. The largest absolute Gasteiger partial charge is 0.494 e. The van der Waals surface area contributed by atoms with E-state index < -0.39 is 0 Å². The Balaban J connectivity index is 1.42. The lowest BCUT2D eigenvalue weighted by molar-refractivity contribution is 0.304. The number of nitrogens with one attached hydrogen (secondary N) is 1. The number of unbranched alkanes of at least 4 members (excludes halogenated alkanes) is 3. The zero-order chi connectivity index (χ0) is 12.6. The lowest BCUT2D eigenvalue weighted by atomic mass is 10.2. The zero-order valence-electron chi connectivity index (χ0n) is 11.5. The molecule has 1 saturated carbocycles. The second kappa shape index (κ2) is 7.42. The van der Waals surface area contributed by atoms with E-state index in [0.29, 0.717) is 0 Å². The van der Waals surface area contributed by atoms with Crippen LogP contribution in [0.2, 0.25) is 0 Å². The van der Waals surface area contributed by atoms with E-state index in [1.54, 1.807) is 0 Å². The zero-order valence-corrected chi connectivity index (χ0v) is 11.5. The summed E-state index contributed by atoms with van der Waals surface area (Å²) in [5.74, 6) is 0.996. The molecule has 0 amide bonds. The minimum atomic E-state index is 0.846. The van der Waals surface area contributed by atoms with Gasteiger partial charge in [0.1, 0.15) is 5.75 Å². The van der Waals surface area contributed by atoms with Gasteiger partial charge < -0.3 is 10.1 Å². The quantitative estimate of drug-likeness (QED) is 0.672. The second-order valence-corrected chi connectivity index (χ2v) is 5.30. The third-order valence-corrected chi connectivity index (χ3v) is 3.37. The molecule has 1 N–H and O–H groups in total. The van der Waals surface area contributed by atoms with Gasteiger partial charge in [0.05, 0.1) is 6.61 Å². The Bertz CT molecular complexity index is 329. The van der Waals surface area contributed by atoms with Crippen LogP contribution in [-0.2, 0) is 0 Å². The third-order valence-electron chi connectivity index (χ3n) is 3.37. The summed E-state index contributed by atoms with van der Waals surface area (Å²) >= 11 is 0. The Labute approximate surface area is 111 Å². The molecule has 0 heterocycles. The fourth-order valence-corrected chi connectivity index (χ4v) is 2.00. The van der Waals surface area contributed by atoms with Crippen molar-refractivity contribution in [3.63, 3.8) is 0 Å². The van der Waals surface area contributed by atoms with E-state index in [-0.39, 0.29) is 0 Å². The average Bonchev–Trinajstić information content (AvgIpc) is 3.19. The summed E-state index contributed by atoms with van der Waals surface area (Å²) in [4.78, 5) is 0. The average molecular weight is 247 g/mol. The van der Waals surface area contributed by atoms with Gasteiger partial charge in [-0.3, -0.25) is 0 Å². The van der Waals surface area contributed by atoms with Gasteiger partial charge in [-0.05, 0) is 51.3 Å². The standard InChI is InChI=1S/C16H25NO/c1-14-6-10-16(11-7-14)18-13-5-3-2-4-12-17-15-8-9-15/h6-7,10-11,15,17H,2-5,8-9,12-13H2,1H3. The Kier molecular flexibility index (Phi) is 5.53. The molecule has 0 spiro atoms. The molecule has 1 fully saturated rings. The fraction of sp³-hybridized carbons (Fsp3) is 0.625. The molecule has 0 unspecified atom stereocenters. The number of hydrogen-bond donors (Lipinski definition) is 1. The Morgan fingerprint density at radius 3 is 2.50 bits per heavy atom. The first kappa shape index (κ1) is 13.4. The first-order valence-corrected chi connectivity index (χ1v) is 7.27. The minimum absolute atomic E-state index is 0.846. The molecule has 0 aromatic heterocycles. The molecular formula is C16H25NO. The smallest absolute Gasteiger partial charge is 0.119 e. The highest BCUT2D eigenvalue weighted by Crippen LogP contribution is 2.18. The van der Waals surface area contributed by atoms with Crippen LogP contribution in [0.4, 0.5) is 0 Å². The van der Waals surface area contributed by atoms with Crippen molar-refractivity contribution in [2.24, 2.45) is 0 Å². The molecule has 100 valence electrons. The number of benzene rings is 1. The van der Waals surface area contributed by atoms with E-state index in [1.807, 2.05) is 0 Å². The minimum Gasteiger partial charge on any atom is -0.494 e. The van der Waals surface area contributed by atoms with Gasteiger partial charge in [0.25, 0.3) is 0 Å². The number of rotatable bonds is 9. The number of ether oxygens (including phenoxy) is 1. The molecule has 2 rings (SSSR count). The van der Waals surface area contributed by atoms with E-state index in [2.05, 4.69) is 36.5 Å². The Morgan fingerprint density at radius 1 is 1.06 bits per heavy atom. The van der Waals surface area contributed by atoms with Crippen molar-refractivity contribution in [1.29, 1.82) is 0 Å². The van der Waals surface area contributed by atoms with Crippen molar-refractivity contribution in [3.05, 3.63) is 29.8 Å². The van der Waals surface area contributed by atoms with Gasteiger partial charge in [-0.1, -0.05) is 30.5 Å². The molecule has 1 aliphatic rings. The van der Waals surface area contributed by atoms with Crippen LogP contribution in [-0.4, -0.2) is 19.2 Å². The lowest BCUT2D eigenvalue weighted by Crippen LogP contribution is -2.17. The highest BCUT2D eigenvalue weighted by molar-refractivity contribution is 5.26. The van der Waals surface area contributed by atoms with Gasteiger partial charge in [-0.2, -0.15) is 0 Å². The van der Waals surface area contributed by atoms with Crippen molar-refractivity contribution in [1.82, 2.24) is 5.32 Å². The van der Waals surface area contributed by atoms with Gasteiger partial charge in [-0.15, -0.1) is 0 Å². The second-order valence-electron chi connectivity index (χ2n) is 5.30. The van der Waals surface area contributed by atoms with Crippen molar-refractivity contribution in [2.75, 3.05) is 13.2 Å². The van der Waals surface area contributed by atoms with Crippen LogP contribution in [0.15, 0.2) is 24.3 Å². The van der Waals surface area contributed by atoms with Gasteiger partial charge in [0.2, 0.25) is 0 Å². The number of hydrogen-bond acceptors (Lipinski definition) is 2. The summed E-state index contributed by atoms with van der Waals surface area (Å²) in [6.07, 6.45) is 7.85. The van der Waals surface area contributed by atoms with Crippen molar-refractivity contribution in [3.8, 4) is 5.75 Å². The van der Waals surface area contributed by atoms with Gasteiger partial charge in [0, 0.05) is 6.04 Å². The highest BCUT2D eigenvalue weighted by atomic mass is 16.5. The van der Waals surface area contributed by atoms with Crippen molar-refractivity contribution < 1.29 is 4.74 Å². The van der Waals surface area contributed by atoms with Gasteiger partial charge in [0.15, 0.2) is 0 Å². The summed E-state index contributed by atoms with van der Waals surface area (Å²) in [5.41, 5.74) is 1.28. The lowest BCUT2D eigenvalue weighted by Gasteiger charge is -2.06. The predicted octanol–water partition coefficient (Wildman–Crippen LogP) is 3.69. The molecule has 2 nitrogen and oxygen atoms in total. The molecule has 18 heavy (non-hydrogen) atoms. The molecule has 0 saturated heterocycles. The normalized spacial score (nSPS) is 14.7. The van der Waals surface area contributed by atoms with E-state index in [4.69, 9.17) is 4.74 Å². The Hall–Kier alpha value is -1.02. The monoisotopic (exact) mass is 247 g/mol. The molecular weight excluding hydrogens is 222 g/mol. The van der Waals surface area contributed by atoms with Crippen LogP contribution in [0.1, 0.15) is 44.1 Å². The number of aryl methyl sites for hydroxylation is 1. The van der Waals surface area contributed by atoms with E-state index in [0.717, 1.165) is 24.8 Å². The molecule has 0 bridgehead atoms. The molecule has 2 heteroatoms. The van der Waals surface area contributed by atoms with Gasteiger partial charge in [-0.25, -0.2) is 0 Å².